The molecular weight excluding hydrogens is 437 g/mol. The van der Waals surface area contributed by atoms with Crippen LogP contribution in [0.1, 0.15) is 105 Å². The Labute approximate surface area is 182 Å². The summed E-state index contributed by atoms with van der Waals surface area (Å²) in [5, 5.41) is 0. The van der Waals surface area contributed by atoms with Gasteiger partial charge in [0.05, 0.1) is 20.7 Å². The van der Waals surface area contributed by atoms with Gasteiger partial charge in [0.15, 0.2) is 0 Å². The summed E-state index contributed by atoms with van der Waals surface area (Å²) in [6, 6.07) is 0. The highest BCUT2D eigenvalue weighted by Gasteiger charge is 2.39. The molecule has 2 atom stereocenters. The van der Waals surface area contributed by atoms with Gasteiger partial charge in [-0.05, 0) is 19.8 Å². The van der Waals surface area contributed by atoms with Crippen LogP contribution in [-0.4, -0.2) is 39.1 Å². The summed E-state index contributed by atoms with van der Waals surface area (Å²) in [5.74, 6) is 0. The molecule has 4 heteroatoms. The van der Waals surface area contributed by atoms with Crippen molar-refractivity contribution in [2.45, 2.75) is 117 Å². The molecule has 0 aromatic rings. The summed E-state index contributed by atoms with van der Waals surface area (Å²) in [4.78, 5) is 1.31. The molecule has 0 fully saturated rings. The molecule has 1 N–H and O–H groups in total. The number of unbranched alkanes of at least 4 members (excludes halogenated alkanes) is 10. The second kappa shape index (κ2) is 18.9. The Balaban J connectivity index is 0. The molecule has 0 aliphatic heterocycles. The smallest absolute Gasteiger partial charge is 0.224 e. The minimum atomic E-state index is -0.258. The molecule has 0 heterocycles. The van der Waals surface area contributed by atoms with Gasteiger partial charge in [-0.1, -0.05) is 78.1 Å². The normalized spacial score (nSPS) is 14.9. The summed E-state index contributed by atoms with van der Waals surface area (Å²) >= 11 is 0. The highest BCUT2D eigenvalue weighted by Crippen LogP contribution is 2.15. The van der Waals surface area contributed by atoms with Crippen molar-refractivity contribution in [3.63, 3.8) is 0 Å². The summed E-state index contributed by atoms with van der Waals surface area (Å²) in [6.45, 7) is 10.6. The molecular formula is C22H48INO2. The lowest BCUT2D eigenvalue weighted by Gasteiger charge is -2.37. The summed E-state index contributed by atoms with van der Waals surface area (Å²) in [5.41, 5.74) is -0.258. The Morgan fingerprint density at radius 1 is 0.731 bits per heavy atom. The zero-order valence-electron chi connectivity index (χ0n) is 18.7. The van der Waals surface area contributed by atoms with E-state index in [0.717, 1.165) is 19.6 Å². The van der Waals surface area contributed by atoms with Gasteiger partial charge in [0.25, 0.3) is 0 Å². The van der Waals surface area contributed by atoms with Crippen LogP contribution in [0, 0.1) is 0 Å². The molecule has 3 nitrogen and oxygen atoms in total. The van der Waals surface area contributed by atoms with Crippen LogP contribution in [0.15, 0.2) is 0 Å². The lowest BCUT2D eigenvalue weighted by atomic mass is 10.1. The first-order valence-electron chi connectivity index (χ1n) is 11.0. The maximum absolute atomic E-state index is 6.31. The van der Waals surface area contributed by atoms with E-state index in [-0.39, 0.29) is 35.8 Å². The van der Waals surface area contributed by atoms with Crippen molar-refractivity contribution in [1.29, 1.82) is 0 Å². The Hall–Kier alpha value is 0.610. The third-order valence-electron chi connectivity index (χ3n) is 5.53. The number of rotatable bonds is 18. The average molecular weight is 486 g/mol. The van der Waals surface area contributed by atoms with Crippen molar-refractivity contribution in [2.24, 2.45) is 0 Å². The minimum absolute atomic E-state index is 0. The summed E-state index contributed by atoms with van der Waals surface area (Å²) in [6.07, 6.45) is 15.8. The van der Waals surface area contributed by atoms with E-state index >= 15 is 0 Å². The molecule has 2 unspecified atom stereocenters. The number of quaternary nitrogens is 1. The van der Waals surface area contributed by atoms with Crippen molar-refractivity contribution < 1.29 is 38.4 Å². The fraction of sp³-hybridized carbons (Fsp3) is 1.00. The fourth-order valence-electron chi connectivity index (χ4n) is 3.14. The van der Waals surface area contributed by atoms with Gasteiger partial charge in [-0.2, -0.15) is 0 Å². The van der Waals surface area contributed by atoms with E-state index in [2.05, 4.69) is 41.8 Å². The number of hydrogen-bond donors (Lipinski definition) is 1. The Morgan fingerprint density at radius 2 is 1.15 bits per heavy atom. The second-order valence-electron chi connectivity index (χ2n) is 8.00. The molecule has 0 aromatic heterocycles. The predicted molar refractivity (Wildman–Crippen MR) is 109 cm³/mol. The van der Waals surface area contributed by atoms with Crippen LogP contribution in [0.3, 0.4) is 0 Å². The van der Waals surface area contributed by atoms with E-state index in [1.165, 1.54) is 75.5 Å². The molecule has 0 rings (SSSR count). The van der Waals surface area contributed by atoms with Crippen LogP contribution in [-0.2, 0) is 9.47 Å². The minimum Gasteiger partial charge on any atom is -1.00 e. The van der Waals surface area contributed by atoms with Crippen LogP contribution in [0.4, 0.5) is 0 Å². The van der Waals surface area contributed by atoms with Crippen molar-refractivity contribution in [1.82, 2.24) is 0 Å². The highest BCUT2D eigenvalue weighted by molar-refractivity contribution is 4.70. The second-order valence-corrected chi connectivity index (χ2v) is 8.00. The largest absolute Gasteiger partial charge is 1.00 e. The van der Waals surface area contributed by atoms with Crippen molar-refractivity contribution in [3.8, 4) is 0 Å². The van der Waals surface area contributed by atoms with E-state index in [4.69, 9.17) is 9.47 Å². The predicted octanol–water partition coefficient (Wildman–Crippen LogP) is 1.99. The van der Waals surface area contributed by atoms with E-state index in [9.17, 15) is 0 Å². The van der Waals surface area contributed by atoms with Crippen LogP contribution >= 0.6 is 0 Å². The number of nitrogens with one attached hydrogen (secondary N) is 1. The average Bonchev–Trinajstić information content (AvgIpc) is 2.59. The fourth-order valence-corrected chi connectivity index (χ4v) is 3.14. The van der Waals surface area contributed by atoms with Crippen LogP contribution in [0.25, 0.3) is 0 Å². The van der Waals surface area contributed by atoms with Crippen molar-refractivity contribution in [3.05, 3.63) is 0 Å². The first kappa shape index (κ1) is 28.8. The van der Waals surface area contributed by atoms with Gasteiger partial charge in [0.2, 0.25) is 5.72 Å². The topological polar surface area (TPSA) is 22.9 Å². The maximum Gasteiger partial charge on any atom is 0.224 e. The van der Waals surface area contributed by atoms with Crippen LogP contribution in [0.2, 0.25) is 0 Å². The number of ether oxygens (including phenoxy) is 2. The Kier molecular flexibility index (Phi) is 21.0. The highest BCUT2D eigenvalue weighted by atomic mass is 127. The van der Waals surface area contributed by atoms with E-state index < -0.39 is 0 Å². The standard InChI is InChI=1S/C22H47NO2.HI/c1-7-9-11-13-15-17-19-24-21(3)22(4,23(5)6)25-20-18-16-14-12-10-8-2;/h21H,7-20H2,1-6H3;1H. The molecule has 0 aliphatic rings. The monoisotopic (exact) mass is 485 g/mol. The van der Waals surface area contributed by atoms with Gasteiger partial charge in [0.1, 0.15) is 6.10 Å². The SMILES string of the molecule is CCCCCCCCOC(C)C(C)(OCCCCCCCC)[NH+](C)C.[I-]. The van der Waals surface area contributed by atoms with Gasteiger partial charge < -0.3 is 38.4 Å². The Bertz CT molecular complexity index is 289. The molecule has 0 amide bonds. The lowest BCUT2D eigenvalue weighted by molar-refractivity contribution is -0.947. The zero-order valence-corrected chi connectivity index (χ0v) is 20.8. The molecule has 0 radical (unpaired) electrons. The van der Waals surface area contributed by atoms with Gasteiger partial charge >= 0.3 is 0 Å². The summed E-state index contributed by atoms with van der Waals surface area (Å²) in [7, 11) is 4.34. The van der Waals surface area contributed by atoms with Crippen LogP contribution < -0.4 is 28.9 Å². The molecule has 0 saturated heterocycles. The first-order valence-corrected chi connectivity index (χ1v) is 11.0. The zero-order chi connectivity index (χ0) is 19.0. The van der Waals surface area contributed by atoms with Gasteiger partial charge in [-0.3, -0.25) is 0 Å². The van der Waals surface area contributed by atoms with Gasteiger partial charge in [-0.15, -0.1) is 0 Å². The third kappa shape index (κ3) is 13.7. The van der Waals surface area contributed by atoms with Crippen molar-refractivity contribution in [2.75, 3.05) is 27.3 Å². The quantitative estimate of drug-likeness (QED) is 0.182. The molecule has 0 aromatic carbocycles. The summed E-state index contributed by atoms with van der Waals surface area (Å²) < 4.78 is 12.4. The lowest BCUT2D eigenvalue weighted by Crippen LogP contribution is -3.16. The number of halogens is 1. The number of hydrogen-bond acceptors (Lipinski definition) is 2. The van der Waals surface area contributed by atoms with Crippen LogP contribution in [0.5, 0.6) is 0 Å². The Morgan fingerprint density at radius 3 is 1.62 bits per heavy atom. The van der Waals surface area contributed by atoms with Gasteiger partial charge in [-0.25, -0.2) is 0 Å². The van der Waals surface area contributed by atoms with E-state index in [1.54, 1.807) is 0 Å². The molecule has 0 bridgehead atoms. The third-order valence-corrected chi connectivity index (χ3v) is 5.53. The van der Waals surface area contributed by atoms with E-state index in [1.807, 2.05) is 0 Å². The van der Waals surface area contributed by atoms with Crippen molar-refractivity contribution >= 4 is 0 Å². The molecule has 0 saturated carbocycles. The molecule has 26 heavy (non-hydrogen) atoms. The number of likely N-dealkylation sites (N-methyl/N-ethyl adjacent to an activating group) is 1. The maximum atomic E-state index is 6.31. The first-order chi connectivity index (χ1) is 12.0. The van der Waals surface area contributed by atoms with E-state index in [0.29, 0.717) is 0 Å². The molecule has 0 aliphatic carbocycles. The van der Waals surface area contributed by atoms with Gasteiger partial charge in [0, 0.05) is 13.5 Å². The molecule has 0 spiro atoms. The molecule has 160 valence electrons.